The first-order valence-electron chi connectivity index (χ1n) is 9.16. The Morgan fingerprint density at radius 2 is 1.89 bits per heavy atom. The Morgan fingerprint density at radius 1 is 1.11 bits per heavy atom. The lowest BCUT2D eigenvalue weighted by Gasteiger charge is -2.30. The molecule has 2 aromatic carbocycles. The second kappa shape index (κ2) is 7.88. The fourth-order valence-electron chi connectivity index (χ4n) is 3.48. The molecular formula is C21H22FN3O2. The van der Waals surface area contributed by atoms with Crippen molar-refractivity contribution in [1.82, 2.24) is 15.1 Å². The zero-order valence-corrected chi connectivity index (χ0v) is 15.3. The van der Waals surface area contributed by atoms with Gasteiger partial charge in [-0.2, -0.15) is 0 Å². The number of aromatic nitrogens is 2. The van der Waals surface area contributed by atoms with Gasteiger partial charge in [0.15, 0.2) is 0 Å². The van der Waals surface area contributed by atoms with Crippen molar-refractivity contribution in [2.45, 2.75) is 25.3 Å². The lowest BCUT2D eigenvalue weighted by Crippen LogP contribution is -2.32. The lowest BCUT2D eigenvalue weighted by molar-refractivity contribution is 0.193. The quantitative estimate of drug-likeness (QED) is 0.674. The van der Waals surface area contributed by atoms with E-state index in [1.54, 1.807) is 19.2 Å². The third-order valence-corrected chi connectivity index (χ3v) is 5.01. The number of ether oxygens (including phenoxy) is 1. The largest absolute Gasteiger partial charge is 0.497 e. The average molecular weight is 367 g/mol. The van der Waals surface area contributed by atoms with E-state index in [2.05, 4.69) is 27.2 Å². The highest BCUT2D eigenvalue weighted by molar-refractivity contribution is 5.52. The molecule has 0 radical (unpaired) electrons. The Labute approximate surface area is 157 Å². The molecule has 3 aromatic rings. The minimum absolute atomic E-state index is 0.272. The first-order valence-corrected chi connectivity index (χ1v) is 9.16. The van der Waals surface area contributed by atoms with E-state index in [-0.39, 0.29) is 11.7 Å². The van der Waals surface area contributed by atoms with Crippen molar-refractivity contribution in [2.24, 2.45) is 0 Å². The third-order valence-electron chi connectivity index (χ3n) is 5.01. The van der Waals surface area contributed by atoms with Gasteiger partial charge in [0.1, 0.15) is 11.6 Å². The summed E-state index contributed by atoms with van der Waals surface area (Å²) in [7, 11) is 1.69. The van der Waals surface area contributed by atoms with Gasteiger partial charge in [-0.15, -0.1) is 10.2 Å². The summed E-state index contributed by atoms with van der Waals surface area (Å²) in [5.74, 6) is 2.01. The van der Waals surface area contributed by atoms with E-state index in [1.807, 2.05) is 12.1 Å². The van der Waals surface area contributed by atoms with Crippen molar-refractivity contribution in [3.05, 3.63) is 65.8 Å². The van der Waals surface area contributed by atoms with Crippen LogP contribution in [-0.4, -0.2) is 35.3 Å². The van der Waals surface area contributed by atoms with Crippen LogP contribution in [0.3, 0.4) is 0 Å². The van der Waals surface area contributed by atoms with Crippen molar-refractivity contribution in [3.63, 3.8) is 0 Å². The van der Waals surface area contributed by atoms with Gasteiger partial charge in [0, 0.05) is 18.0 Å². The van der Waals surface area contributed by atoms with Crippen LogP contribution in [0.15, 0.2) is 52.9 Å². The van der Waals surface area contributed by atoms with Gasteiger partial charge in [-0.05, 0) is 67.9 Å². The number of nitrogens with zero attached hydrogens (tertiary/aromatic N) is 3. The standard InChI is InChI=1S/C21H22FN3O2/c1-26-19-4-2-3-15(13-19)14-25-11-9-17(10-12-25)21-24-23-20(27-21)16-5-7-18(22)8-6-16/h2-8,13,17H,9-12,14H2,1H3. The molecule has 0 aliphatic carbocycles. The van der Waals surface area contributed by atoms with E-state index < -0.39 is 0 Å². The molecule has 1 aromatic heterocycles. The number of rotatable bonds is 5. The molecular weight excluding hydrogens is 345 g/mol. The summed E-state index contributed by atoms with van der Waals surface area (Å²) in [6, 6.07) is 14.3. The molecule has 0 saturated carbocycles. The van der Waals surface area contributed by atoms with E-state index in [0.717, 1.165) is 43.8 Å². The summed E-state index contributed by atoms with van der Waals surface area (Å²) in [6.45, 7) is 2.88. The maximum absolute atomic E-state index is 13.1. The number of hydrogen-bond donors (Lipinski definition) is 0. The normalized spacial score (nSPS) is 15.8. The summed E-state index contributed by atoms with van der Waals surface area (Å²) < 4.78 is 24.2. The van der Waals surface area contributed by atoms with Crippen LogP contribution in [0, 0.1) is 5.82 Å². The number of halogens is 1. The predicted octanol–water partition coefficient (Wildman–Crippen LogP) is 4.26. The summed E-state index contributed by atoms with van der Waals surface area (Å²) in [6.07, 6.45) is 1.96. The van der Waals surface area contributed by atoms with Crippen LogP contribution >= 0.6 is 0 Å². The van der Waals surface area contributed by atoms with Crippen molar-refractivity contribution < 1.29 is 13.5 Å². The van der Waals surface area contributed by atoms with Crippen molar-refractivity contribution in [2.75, 3.05) is 20.2 Å². The Balaban J connectivity index is 1.36. The molecule has 5 nitrogen and oxygen atoms in total. The molecule has 4 rings (SSSR count). The van der Waals surface area contributed by atoms with Crippen LogP contribution in [0.1, 0.15) is 30.2 Å². The van der Waals surface area contributed by atoms with E-state index in [0.29, 0.717) is 11.8 Å². The highest BCUT2D eigenvalue weighted by Gasteiger charge is 2.25. The number of piperidine rings is 1. The maximum atomic E-state index is 13.1. The molecule has 0 unspecified atom stereocenters. The van der Waals surface area contributed by atoms with Crippen LogP contribution in [0.2, 0.25) is 0 Å². The van der Waals surface area contributed by atoms with Gasteiger partial charge in [-0.1, -0.05) is 12.1 Å². The van der Waals surface area contributed by atoms with E-state index >= 15 is 0 Å². The topological polar surface area (TPSA) is 51.4 Å². The van der Waals surface area contributed by atoms with Gasteiger partial charge < -0.3 is 9.15 Å². The monoisotopic (exact) mass is 367 g/mol. The van der Waals surface area contributed by atoms with Crippen LogP contribution in [-0.2, 0) is 6.54 Å². The highest BCUT2D eigenvalue weighted by atomic mass is 19.1. The minimum Gasteiger partial charge on any atom is -0.497 e. The number of hydrogen-bond acceptors (Lipinski definition) is 5. The molecule has 6 heteroatoms. The van der Waals surface area contributed by atoms with Gasteiger partial charge in [0.2, 0.25) is 11.8 Å². The van der Waals surface area contributed by atoms with E-state index in [1.165, 1.54) is 17.7 Å². The maximum Gasteiger partial charge on any atom is 0.247 e. The number of benzene rings is 2. The molecule has 2 heterocycles. The SMILES string of the molecule is COc1cccc(CN2CCC(c3nnc(-c4ccc(F)cc4)o3)CC2)c1. The van der Waals surface area contributed by atoms with Gasteiger partial charge in [-0.25, -0.2) is 4.39 Å². The van der Waals surface area contributed by atoms with Gasteiger partial charge in [-0.3, -0.25) is 4.90 Å². The second-order valence-electron chi connectivity index (χ2n) is 6.85. The minimum atomic E-state index is -0.276. The van der Waals surface area contributed by atoms with Crippen LogP contribution in [0.4, 0.5) is 4.39 Å². The molecule has 0 bridgehead atoms. The third kappa shape index (κ3) is 4.17. The molecule has 1 aliphatic rings. The van der Waals surface area contributed by atoms with Crippen LogP contribution < -0.4 is 4.74 Å². The molecule has 1 aliphatic heterocycles. The average Bonchev–Trinajstić information content (AvgIpc) is 3.19. The predicted molar refractivity (Wildman–Crippen MR) is 99.9 cm³/mol. The molecule has 0 spiro atoms. The first kappa shape index (κ1) is 17.7. The second-order valence-corrected chi connectivity index (χ2v) is 6.85. The molecule has 140 valence electrons. The zero-order chi connectivity index (χ0) is 18.6. The highest BCUT2D eigenvalue weighted by Crippen LogP contribution is 2.30. The zero-order valence-electron chi connectivity index (χ0n) is 15.3. The lowest BCUT2D eigenvalue weighted by atomic mass is 9.96. The summed E-state index contributed by atoms with van der Waals surface area (Å²) >= 11 is 0. The molecule has 1 fully saturated rings. The number of likely N-dealkylation sites (tertiary alicyclic amines) is 1. The van der Waals surface area contributed by atoms with Gasteiger partial charge in [0.05, 0.1) is 7.11 Å². The number of methoxy groups -OCH3 is 1. The Bertz CT molecular complexity index is 886. The summed E-state index contributed by atoms with van der Waals surface area (Å²) in [5.41, 5.74) is 2.00. The smallest absolute Gasteiger partial charge is 0.247 e. The molecule has 0 amide bonds. The Morgan fingerprint density at radius 3 is 2.63 bits per heavy atom. The van der Waals surface area contributed by atoms with Crippen molar-refractivity contribution in [3.8, 4) is 17.2 Å². The summed E-state index contributed by atoms with van der Waals surface area (Å²) in [5, 5.41) is 8.36. The van der Waals surface area contributed by atoms with E-state index in [4.69, 9.17) is 9.15 Å². The van der Waals surface area contributed by atoms with Gasteiger partial charge in [0.25, 0.3) is 0 Å². The first-order chi connectivity index (χ1) is 13.2. The Hall–Kier alpha value is -2.73. The Kier molecular flexibility index (Phi) is 5.16. The van der Waals surface area contributed by atoms with Crippen molar-refractivity contribution in [1.29, 1.82) is 0 Å². The van der Waals surface area contributed by atoms with Crippen LogP contribution in [0.5, 0.6) is 5.75 Å². The molecule has 1 saturated heterocycles. The fourth-order valence-corrected chi connectivity index (χ4v) is 3.48. The van der Waals surface area contributed by atoms with Crippen LogP contribution in [0.25, 0.3) is 11.5 Å². The molecule has 27 heavy (non-hydrogen) atoms. The van der Waals surface area contributed by atoms with Gasteiger partial charge >= 0.3 is 0 Å². The van der Waals surface area contributed by atoms with Crippen molar-refractivity contribution >= 4 is 0 Å². The molecule has 0 N–H and O–H groups in total. The fraction of sp³-hybridized carbons (Fsp3) is 0.333. The summed E-state index contributed by atoms with van der Waals surface area (Å²) in [4.78, 5) is 2.43. The van der Waals surface area contributed by atoms with E-state index in [9.17, 15) is 4.39 Å². The molecule has 0 atom stereocenters.